The van der Waals surface area contributed by atoms with E-state index in [4.69, 9.17) is 10.5 Å². The fourth-order valence-electron chi connectivity index (χ4n) is 3.20. The quantitative estimate of drug-likeness (QED) is 0.820. The molecular formula is C14H19FN2O. The van der Waals surface area contributed by atoms with Crippen LogP contribution in [0.2, 0.25) is 0 Å². The van der Waals surface area contributed by atoms with Crippen LogP contribution in [0.15, 0.2) is 24.3 Å². The molecule has 3 nitrogen and oxygen atoms in total. The van der Waals surface area contributed by atoms with Crippen molar-refractivity contribution < 1.29 is 9.13 Å². The highest BCUT2D eigenvalue weighted by atomic mass is 19.2. The number of anilines is 1. The van der Waals surface area contributed by atoms with Crippen LogP contribution in [-0.4, -0.2) is 29.9 Å². The molecule has 2 atom stereocenters. The molecule has 0 saturated carbocycles. The number of fused-ring (bicyclic) bond motifs is 2. The Morgan fingerprint density at radius 1 is 1.22 bits per heavy atom. The summed E-state index contributed by atoms with van der Waals surface area (Å²) in [5.74, 6) is -0.954. The second-order valence-corrected chi connectivity index (χ2v) is 5.51. The van der Waals surface area contributed by atoms with Gasteiger partial charge in [0.15, 0.2) is 0 Å². The van der Waals surface area contributed by atoms with Crippen LogP contribution in [0.5, 0.6) is 5.75 Å². The van der Waals surface area contributed by atoms with E-state index < -0.39 is 5.85 Å². The summed E-state index contributed by atoms with van der Waals surface area (Å²) in [6.07, 6.45) is 3.09. The molecule has 1 aromatic rings. The van der Waals surface area contributed by atoms with Crippen LogP contribution in [0.1, 0.15) is 25.7 Å². The minimum absolute atomic E-state index is 0.322. The van der Waals surface area contributed by atoms with Gasteiger partial charge >= 0.3 is 0 Å². The lowest BCUT2D eigenvalue weighted by atomic mass is 9.98. The molecule has 2 bridgehead atoms. The van der Waals surface area contributed by atoms with Crippen LogP contribution < -0.4 is 10.5 Å². The molecule has 0 aromatic heterocycles. The molecule has 0 spiro atoms. The second-order valence-electron chi connectivity index (χ2n) is 5.51. The van der Waals surface area contributed by atoms with Crippen LogP contribution in [0.4, 0.5) is 10.1 Å². The summed E-state index contributed by atoms with van der Waals surface area (Å²) in [6.45, 7) is 0. The maximum absolute atomic E-state index is 14.8. The van der Waals surface area contributed by atoms with Gasteiger partial charge in [0.05, 0.1) is 0 Å². The highest BCUT2D eigenvalue weighted by Gasteiger charge is 2.49. The molecule has 3 rings (SSSR count). The number of hydrogen-bond acceptors (Lipinski definition) is 3. The predicted molar refractivity (Wildman–Crippen MR) is 69.1 cm³/mol. The zero-order valence-corrected chi connectivity index (χ0v) is 10.6. The summed E-state index contributed by atoms with van der Waals surface area (Å²) in [7, 11) is 2.09. The van der Waals surface area contributed by atoms with Gasteiger partial charge in [-0.1, -0.05) is 0 Å². The van der Waals surface area contributed by atoms with Crippen LogP contribution in [0.25, 0.3) is 0 Å². The van der Waals surface area contributed by atoms with Crippen LogP contribution in [-0.2, 0) is 0 Å². The monoisotopic (exact) mass is 250 g/mol. The molecule has 98 valence electrons. The van der Waals surface area contributed by atoms with Gasteiger partial charge in [-0.15, -0.1) is 0 Å². The highest BCUT2D eigenvalue weighted by molar-refractivity contribution is 5.41. The van der Waals surface area contributed by atoms with Gasteiger partial charge in [0.2, 0.25) is 0 Å². The number of halogens is 1. The number of nitrogens with two attached hydrogens (primary N) is 1. The van der Waals surface area contributed by atoms with Crippen LogP contribution >= 0.6 is 0 Å². The van der Waals surface area contributed by atoms with E-state index in [1.165, 1.54) is 0 Å². The third-order valence-electron chi connectivity index (χ3n) is 4.25. The molecule has 2 heterocycles. The lowest BCUT2D eigenvalue weighted by Crippen LogP contribution is -2.49. The largest absolute Gasteiger partial charge is 0.458 e. The molecule has 2 unspecified atom stereocenters. The minimum atomic E-state index is -1.52. The van der Waals surface area contributed by atoms with E-state index in [-0.39, 0.29) is 0 Å². The summed E-state index contributed by atoms with van der Waals surface area (Å²) in [4.78, 5) is 2.30. The number of benzene rings is 1. The smallest absolute Gasteiger partial charge is 0.251 e. The Balaban J connectivity index is 1.74. The maximum atomic E-state index is 14.8. The third kappa shape index (κ3) is 2.05. The third-order valence-corrected chi connectivity index (χ3v) is 4.25. The first-order valence-electron chi connectivity index (χ1n) is 6.51. The predicted octanol–water partition coefficient (Wildman–Crippen LogP) is 2.57. The average Bonchev–Trinajstić information content (AvgIpc) is 2.57. The first-order valence-corrected chi connectivity index (χ1v) is 6.51. The molecule has 2 fully saturated rings. The van der Waals surface area contributed by atoms with Crippen molar-refractivity contribution in [1.82, 2.24) is 4.90 Å². The van der Waals surface area contributed by atoms with Gasteiger partial charge in [0, 0.05) is 30.6 Å². The zero-order chi connectivity index (χ0) is 12.8. The molecule has 1 aromatic carbocycles. The van der Waals surface area contributed by atoms with Crippen molar-refractivity contribution in [2.45, 2.75) is 43.6 Å². The number of nitrogens with zero attached hydrogens (tertiary/aromatic N) is 1. The molecule has 2 N–H and O–H groups in total. The van der Waals surface area contributed by atoms with E-state index in [0.717, 1.165) is 12.8 Å². The summed E-state index contributed by atoms with van der Waals surface area (Å²) < 4.78 is 20.4. The lowest BCUT2D eigenvalue weighted by molar-refractivity contribution is -0.121. The Bertz CT molecular complexity index is 420. The first kappa shape index (κ1) is 11.8. The number of nitrogen functional groups attached to an aromatic ring is 1. The number of rotatable bonds is 2. The average molecular weight is 250 g/mol. The van der Waals surface area contributed by atoms with E-state index in [9.17, 15) is 4.39 Å². The summed E-state index contributed by atoms with van der Waals surface area (Å²) >= 11 is 0. The standard InChI is InChI=1S/C14H19FN2O/c1-17-11-4-5-12(17)9-14(15,8-11)18-13-6-2-10(16)3-7-13/h2-3,6-7,11-12H,4-5,8-9,16H2,1H3. The van der Waals surface area contributed by atoms with Crippen molar-refractivity contribution in [3.8, 4) is 5.75 Å². The van der Waals surface area contributed by atoms with Gasteiger partial charge in [0.25, 0.3) is 5.85 Å². The van der Waals surface area contributed by atoms with E-state index in [1.807, 2.05) is 0 Å². The minimum Gasteiger partial charge on any atom is -0.458 e. The molecule has 0 amide bonds. The maximum Gasteiger partial charge on any atom is 0.251 e. The van der Waals surface area contributed by atoms with Crippen LogP contribution in [0, 0.1) is 0 Å². The van der Waals surface area contributed by atoms with Crippen molar-refractivity contribution in [3.05, 3.63) is 24.3 Å². The molecule has 2 aliphatic heterocycles. The first-order chi connectivity index (χ1) is 8.56. The van der Waals surface area contributed by atoms with Crippen molar-refractivity contribution >= 4 is 5.69 Å². The van der Waals surface area contributed by atoms with Gasteiger partial charge in [-0.3, -0.25) is 4.90 Å². The Labute approximate surface area is 107 Å². The summed E-state index contributed by atoms with van der Waals surface area (Å²) in [5, 5.41) is 0. The van der Waals surface area contributed by atoms with Crippen molar-refractivity contribution in [3.63, 3.8) is 0 Å². The fraction of sp³-hybridized carbons (Fsp3) is 0.571. The number of alkyl halides is 1. The number of hydrogen-bond donors (Lipinski definition) is 1. The van der Waals surface area contributed by atoms with Crippen molar-refractivity contribution in [2.75, 3.05) is 12.8 Å². The summed E-state index contributed by atoms with van der Waals surface area (Å²) in [5.41, 5.74) is 6.27. The number of piperidine rings is 1. The molecule has 18 heavy (non-hydrogen) atoms. The lowest BCUT2D eigenvalue weighted by Gasteiger charge is -2.40. The van der Waals surface area contributed by atoms with Crippen molar-refractivity contribution in [2.24, 2.45) is 0 Å². The van der Waals surface area contributed by atoms with E-state index in [2.05, 4.69) is 11.9 Å². The van der Waals surface area contributed by atoms with E-state index >= 15 is 0 Å². The second kappa shape index (κ2) is 4.12. The van der Waals surface area contributed by atoms with Gasteiger partial charge in [-0.05, 0) is 44.2 Å². The molecule has 0 radical (unpaired) electrons. The Morgan fingerprint density at radius 2 is 1.78 bits per heavy atom. The zero-order valence-electron chi connectivity index (χ0n) is 10.6. The topological polar surface area (TPSA) is 38.5 Å². The Kier molecular flexibility index (Phi) is 2.70. The Morgan fingerprint density at radius 3 is 2.33 bits per heavy atom. The van der Waals surface area contributed by atoms with Crippen molar-refractivity contribution in [1.29, 1.82) is 0 Å². The molecular weight excluding hydrogens is 231 g/mol. The summed E-state index contributed by atoms with van der Waals surface area (Å²) in [6, 6.07) is 7.59. The fourth-order valence-corrected chi connectivity index (χ4v) is 3.20. The van der Waals surface area contributed by atoms with Gasteiger partial charge in [0.1, 0.15) is 5.75 Å². The van der Waals surface area contributed by atoms with Gasteiger partial charge < -0.3 is 10.5 Å². The van der Waals surface area contributed by atoms with Gasteiger partial charge in [-0.2, -0.15) is 4.39 Å². The SMILES string of the molecule is CN1C2CCC1CC(F)(Oc1ccc(N)cc1)C2. The molecule has 0 aliphatic carbocycles. The van der Waals surface area contributed by atoms with Gasteiger partial charge in [-0.25, -0.2) is 0 Å². The van der Waals surface area contributed by atoms with E-state index in [0.29, 0.717) is 36.4 Å². The normalized spacial score (nSPS) is 35.7. The molecule has 2 aliphatic rings. The molecule has 4 heteroatoms. The Hall–Kier alpha value is -1.29. The number of ether oxygens (including phenoxy) is 1. The molecule has 2 saturated heterocycles. The van der Waals surface area contributed by atoms with E-state index in [1.54, 1.807) is 24.3 Å². The highest BCUT2D eigenvalue weighted by Crippen LogP contribution is 2.42. The van der Waals surface area contributed by atoms with Crippen LogP contribution in [0.3, 0.4) is 0 Å².